The number of halogens is 3. The average molecular weight is 546 g/mol. The van der Waals surface area contributed by atoms with Gasteiger partial charge in [0.25, 0.3) is 0 Å². The number of benzene rings is 3. The van der Waals surface area contributed by atoms with E-state index in [1.54, 1.807) is 12.1 Å². The third kappa shape index (κ3) is 5.82. The van der Waals surface area contributed by atoms with E-state index in [4.69, 9.17) is 9.31 Å². The molecule has 3 aromatic carbocycles. The Morgan fingerprint density at radius 1 is 0.700 bits per heavy atom. The molecule has 0 spiro atoms. The van der Waals surface area contributed by atoms with Crippen molar-refractivity contribution in [3.05, 3.63) is 99.0 Å². The first kappa shape index (κ1) is 30.2. The molecule has 1 fully saturated rings. The van der Waals surface area contributed by atoms with Crippen molar-refractivity contribution in [2.45, 2.75) is 86.6 Å². The summed E-state index contributed by atoms with van der Waals surface area (Å²) >= 11 is 0. The van der Waals surface area contributed by atoms with Crippen molar-refractivity contribution >= 4 is 30.2 Å². The molecule has 1 saturated heterocycles. The molecular formula is C33H39B2F3O2. The molecule has 1 aliphatic rings. The Bertz CT molecular complexity index is 1330. The van der Waals surface area contributed by atoms with Crippen molar-refractivity contribution in [2.24, 2.45) is 0 Å². The first-order valence-electron chi connectivity index (χ1n) is 13.8. The van der Waals surface area contributed by atoms with Crippen LogP contribution in [0.5, 0.6) is 0 Å². The smallest absolute Gasteiger partial charge is 0.400 e. The maximum absolute atomic E-state index is 13.5. The van der Waals surface area contributed by atoms with Crippen molar-refractivity contribution in [1.29, 1.82) is 0 Å². The zero-order chi connectivity index (χ0) is 29.8. The molecule has 0 unspecified atom stereocenters. The zero-order valence-corrected chi connectivity index (χ0v) is 25.3. The summed E-state index contributed by atoms with van der Waals surface area (Å²) in [6.07, 6.45) is -4.41. The van der Waals surface area contributed by atoms with Crippen LogP contribution in [0.4, 0.5) is 13.2 Å². The van der Waals surface area contributed by atoms with Crippen LogP contribution in [0.15, 0.2) is 54.5 Å². The summed E-state index contributed by atoms with van der Waals surface area (Å²) < 4.78 is 53.4. The van der Waals surface area contributed by atoms with Gasteiger partial charge < -0.3 is 9.31 Å². The summed E-state index contributed by atoms with van der Waals surface area (Å²) in [5.74, 6) is 1.97. The lowest BCUT2D eigenvalue weighted by Crippen LogP contribution is -2.49. The highest BCUT2D eigenvalue weighted by Crippen LogP contribution is 2.38. The Kier molecular flexibility index (Phi) is 7.98. The van der Waals surface area contributed by atoms with Crippen LogP contribution < -0.4 is 10.9 Å². The number of rotatable bonds is 5. The highest BCUT2D eigenvalue weighted by molar-refractivity contribution is 7.01. The van der Waals surface area contributed by atoms with Gasteiger partial charge in [0.15, 0.2) is 0 Å². The summed E-state index contributed by atoms with van der Waals surface area (Å²) in [6.45, 7) is 20.4. The van der Waals surface area contributed by atoms with E-state index in [-0.39, 0.29) is 6.71 Å². The molecule has 40 heavy (non-hydrogen) atoms. The van der Waals surface area contributed by atoms with Gasteiger partial charge in [-0.25, -0.2) is 0 Å². The van der Waals surface area contributed by atoms with Gasteiger partial charge in [0.05, 0.1) is 16.8 Å². The molecule has 0 aromatic heterocycles. The summed E-state index contributed by atoms with van der Waals surface area (Å²) in [5, 5.41) is 0. The quantitative estimate of drug-likeness (QED) is 0.310. The number of hydrogen-bond donors (Lipinski definition) is 0. The van der Waals surface area contributed by atoms with Gasteiger partial charge in [-0.3, -0.25) is 0 Å². The van der Waals surface area contributed by atoms with E-state index in [1.165, 1.54) is 11.1 Å². The fourth-order valence-corrected chi connectivity index (χ4v) is 6.06. The number of hydrogen-bond acceptors (Lipinski definition) is 2. The molecule has 0 atom stereocenters. The normalized spacial score (nSPS) is 16.9. The molecule has 0 N–H and O–H groups in total. The minimum absolute atomic E-state index is 0.253. The van der Waals surface area contributed by atoms with E-state index < -0.39 is 30.1 Å². The predicted molar refractivity (Wildman–Crippen MR) is 162 cm³/mol. The lowest BCUT2D eigenvalue weighted by atomic mass is 9.32. The molecule has 4 rings (SSSR count). The summed E-state index contributed by atoms with van der Waals surface area (Å²) in [7, 11) is -0.665. The first-order valence-corrected chi connectivity index (χ1v) is 13.8. The minimum Gasteiger partial charge on any atom is -0.400 e. The lowest BCUT2D eigenvalue weighted by Gasteiger charge is -2.32. The third-order valence-corrected chi connectivity index (χ3v) is 8.50. The molecule has 0 amide bonds. The van der Waals surface area contributed by atoms with Gasteiger partial charge in [-0.1, -0.05) is 92.2 Å². The highest BCUT2D eigenvalue weighted by Gasteiger charge is 2.50. The average Bonchev–Trinajstić information content (AvgIpc) is 3.00. The largest absolute Gasteiger partial charge is 0.486 e. The van der Waals surface area contributed by atoms with E-state index in [2.05, 4.69) is 65.8 Å². The van der Waals surface area contributed by atoms with Gasteiger partial charge in [0.2, 0.25) is 6.71 Å². The van der Waals surface area contributed by atoms with Gasteiger partial charge in [-0.2, -0.15) is 13.2 Å². The summed E-state index contributed by atoms with van der Waals surface area (Å²) in [5.41, 5.74) is 8.93. The Morgan fingerprint density at radius 3 is 1.43 bits per heavy atom. The topological polar surface area (TPSA) is 18.5 Å². The molecule has 1 heterocycles. The van der Waals surface area contributed by atoms with Gasteiger partial charge in [-0.05, 0) is 86.9 Å². The standard InChI is InChI=1S/C33H39B2F3O2/c1-20-15-22(3)29(23(4)16-20)35(30-24(5)17-21(2)18-25(30)6)28(19-34-39-31(7,8)32(9,10)40-34)26-11-13-27(14-12-26)33(36,37)38/h11-19H,1-10H3/b28-19-. The van der Waals surface area contributed by atoms with Gasteiger partial charge in [0, 0.05) is 0 Å². The van der Waals surface area contributed by atoms with Crippen molar-refractivity contribution in [3.8, 4) is 0 Å². The number of alkyl halides is 3. The molecule has 3 aromatic rings. The molecule has 210 valence electrons. The zero-order valence-electron chi connectivity index (χ0n) is 25.3. The molecule has 0 saturated carbocycles. The van der Waals surface area contributed by atoms with Gasteiger partial charge in [0.1, 0.15) is 0 Å². The Balaban J connectivity index is 2.05. The van der Waals surface area contributed by atoms with Crippen LogP contribution in [0.1, 0.15) is 72.2 Å². The third-order valence-electron chi connectivity index (χ3n) is 8.50. The van der Waals surface area contributed by atoms with Crippen molar-refractivity contribution < 1.29 is 22.5 Å². The van der Waals surface area contributed by atoms with Crippen LogP contribution in [-0.4, -0.2) is 25.0 Å². The maximum Gasteiger partial charge on any atom is 0.486 e. The van der Waals surface area contributed by atoms with Gasteiger partial charge in [-0.15, -0.1) is 0 Å². The second-order valence-electron chi connectivity index (χ2n) is 12.4. The van der Waals surface area contributed by atoms with Crippen LogP contribution in [0, 0.1) is 41.5 Å². The van der Waals surface area contributed by atoms with E-state index in [1.807, 2.05) is 33.7 Å². The fourth-order valence-electron chi connectivity index (χ4n) is 6.06. The molecule has 2 nitrogen and oxygen atoms in total. The molecule has 7 heteroatoms. The molecule has 0 radical (unpaired) electrons. The van der Waals surface area contributed by atoms with Crippen LogP contribution in [-0.2, 0) is 15.5 Å². The SMILES string of the molecule is Cc1cc(C)c(B(/C(=C\B2OC(C)(C)C(C)(C)O2)c2ccc(C(F)(F)F)cc2)c2c(C)cc(C)cc2C)c(C)c1. The summed E-state index contributed by atoms with van der Waals surface area (Å²) in [6, 6.07) is 14.2. The number of aryl methyl sites for hydroxylation is 6. The van der Waals surface area contributed by atoms with E-state index in [0.717, 1.165) is 50.8 Å². The Morgan fingerprint density at radius 2 is 1.07 bits per heavy atom. The lowest BCUT2D eigenvalue weighted by molar-refractivity contribution is -0.137. The molecular weight excluding hydrogens is 507 g/mol. The molecule has 0 bridgehead atoms. The maximum atomic E-state index is 13.5. The second kappa shape index (κ2) is 10.6. The van der Waals surface area contributed by atoms with Crippen LogP contribution in [0.3, 0.4) is 0 Å². The monoisotopic (exact) mass is 546 g/mol. The van der Waals surface area contributed by atoms with Crippen LogP contribution >= 0.6 is 0 Å². The van der Waals surface area contributed by atoms with Crippen molar-refractivity contribution in [3.63, 3.8) is 0 Å². The Labute approximate surface area is 238 Å². The van der Waals surface area contributed by atoms with Crippen molar-refractivity contribution in [2.75, 3.05) is 0 Å². The van der Waals surface area contributed by atoms with E-state index >= 15 is 0 Å². The van der Waals surface area contributed by atoms with Gasteiger partial charge >= 0.3 is 13.3 Å². The van der Waals surface area contributed by atoms with Crippen LogP contribution in [0.25, 0.3) is 5.47 Å². The molecule has 1 aliphatic heterocycles. The first-order chi connectivity index (χ1) is 18.4. The summed E-state index contributed by atoms with van der Waals surface area (Å²) in [4.78, 5) is 0. The van der Waals surface area contributed by atoms with Crippen LogP contribution in [0.2, 0.25) is 0 Å². The second-order valence-corrected chi connectivity index (χ2v) is 12.4. The van der Waals surface area contributed by atoms with E-state index in [9.17, 15) is 13.2 Å². The predicted octanol–water partition coefficient (Wildman–Crippen LogP) is 7.42. The Hall–Kier alpha value is -2.76. The fraction of sp³-hybridized carbons (Fsp3) is 0.394. The minimum atomic E-state index is -4.41. The highest BCUT2D eigenvalue weighted by atomic mass is 19.4. The molecule has 0 aliphatic carbocycles. The van der Waals surface area contributed by atoms with Crippen molar-refractivity contribution in [1.82, 2.24) is 0 Å². The van der Waals surface area contributed by atoms with E-state index in [0.29, 0.717) is 5.56 Å².